The van der Waals surface area contributed by atoms with E-state index in [1.165, 1.54) is 33.9 Å². The third kappa shape index (κ3) is 1.29. The van der Waals surface area contributed by atoms with Crippen molar-refractivity contribution >= 4 is 21.7 Å². The molecule has 0 aliphatic heterocycles. The Labute approximate surface area is 99.7 Å². The molecule has 82 valence electrons. The minimum atomic E-state index is 1.02. The molecule has 1 heterocycles. The van der Waals surface area contributed by atoms with Crippen LogP contribution in [0.2, 0.25) is 0 Å². The Morgan fingerprint density at radius 2 is 1.82 bits per heavy atom. The third-order valence-corrected chi connectivity index (χ3v) is 3.69. The first-order chi connectivity index (χ1) is 8.42. The number of benzene rings is 2. The van der Waals surface area contributed by atoms with Gasteiger partial charge in [-0.2, -0.15) is 0 Å². The normalized spacial score (nSPS) is 14.4. The number of rotatable bonds is 0. The van der Waals surface area contributed by atoms with Crippen LogP contribution in [0.1, 0.15) is 17.7 Å². The minimum Gasteiger partial charge on any atom is -0.212 e. The van der Waals surface area contributed by atoms with Crippen molar-refractivity contribution in [2.45, 2.75) is 19.3 Å². The molecule has 0 saturated heterocycles. The highest BCUT2D eigenvalue weighted by atomic mass is 16.3. The summed E-state index contributed by atoms with van der Waals surface area (Å²) in [6.07, 6.45) is 3.49. The van der Waals surface area contributed by atoms with Crippen LogP contribution >= 0.6 is 0 Å². The Hall–Kier alpha value is -1.89. The molecule has 0 bridgehead atoms. The smallest absolute Gasteiger partial charge is 0.212 e. The number of fused-ring (bicyclic) bond motifs is 4. The van der Waals surface area contributed by atoms with Gasteiger partial charge in [0.2, 0.25) is 0 Å². The van der Waals surface area contributed by atoms with Gasteiger partial charge >= 0.3 is 11.3 Å². The van der Waals surface area contributed by atoms with E-state index >= 15 is 0 Å². The molecule has 1 heteroatoms. The van der Waals surface area contributed by atoms with Gasteiger partial charge in [-0.05, 0) is 35.7 Å². The van der Waals surface area contributed by atoms with Crippen LogP contribution in [-0.2, 0) is 12.8 Å². The van der Waals surface area contributed by atoms with E-state index in [0.29, 0.717) is 0 Å². The molecule has 0 N–H and O–H groups in total. The van der Waals surface area contributed by atoms with Crippen LogP contribution in [0.15, 0.2) is 46.9 Å². The van der Waals surface area contributed by atoms with Crippen molar-refractivity contribution < 1.29 is 4.42 Å². The second kappa shape index (κ2) is 3.30. The van der Waals surface area contributed by atoms with Gasteiger partial charge in [-0.25, -0.2) is 4.42 Å². The Morgan fingerprint density at radius 3 is 2.82 bits per heavy atom. The zero-order valence-electron chi connectivity index (χ0n) is 9.57. The van der Waals surface area contributed by atoms with E-state index < -0.39 is 0 Å². The molecule has 0 saturated carbocycles. The summed E-state index contributed by atoms with van der Waals surface area (Å²) in [4.78, 5) is 0. The summed E-state index contributed by atoms with van der Waals surface area (Å²) in [5, 5.41) is 3.83. The average Bonchev–Trinajstić information content (AvgIpc) is 2.83. The van der Waals surface area contributed by atoms with Crippen LogP contribution in [0.25, 0.3) is 21.7 Å². The number of hydrogen-bond donors (Lipinski definition) is 0. The lowest BCUT2D eigenvalue weighted by Gasteiger charge is -1.98. The predicted molar refractivity (Wildman–Crippen MR) is 70.2 cm³/mol. The maximum atomic E-state index is 6.01. The van der Waals surface area contributed by atoms with Gasteiger partial charge in [-0.3, -0.25) is 0 Å². The van der Waals surface area contributed by atoms with E-state index in [9.17, 15) is 0 Å². The lowest BCUT2D eigenvalue weighted by Crippen LogP contribution is -1.84. The summed E-state index contributed by atoms with van der Waals surface area (Å²) >= 11 is 0. The highest BCUT2D eigenvalue weighted by Gasteiger charge is 2.24. The standard InChI is InChI=1S/C16H13O/c1-2-6-13-11(4-1)8-9-16-14(13)10-12-5-3-7-15(12)17-16/h1-2,4,6,8-10H,3,5,7H2/q+1. The van der Waals surface area contributed by atoms with Gasteiger partial charge < -0.3 is 0 Å². The van der Waals surface area contributed by atoms with Crippen molar-refractivity contribution in [3.8, 4) is 0 Å². The molecule has 1 aliphatic carbocycles. The zero-order valence-corrected chi connectivity index (χ0v) is 9.57. The SMILES string of the molecule is c1ccc2c(c1)ccc1[o+]c3c(cc12)CCC3. The molecule has 0 spiro atoms. The van der Waals surface area contributed by atoms with Gasteiger partial charge in [0, 0.05) is 6.07 Å². The van der Waals surface area contributed by atoms with Gasteiger partial charge in [0.1, 0.15) is 0 Å². The van der Waals surface area contributed by atoms with Crippen LogP contribution in [-0.4, -0.2) is 0 Å². The first-order valence-corrected chi connectivity index (χ1v) is 6.18. The van der Waals surface area contributed by atoms with Gasteiger partial charge in [0.25, 0.3) is 0 Å². The monoisotopic (exact) mass is 221 g/mol. The molecular weight excluding hydrogens is 208 g/mol. The summed E-state index contributed by atoms with van der Waals surface area (Å²) in [6.45, 7) is 0. The average molecular weight is 221 g/mol. The molecule has 2 aromatic carbocycles. The molecule has 0 fully saturated rings. The van der Waals surface area contributed by atoms with Gasteiger partial charge in [0.05, 0.1) is 17.4 Å². The summed E-state index contributed by atoms with van der Waals surface area (Å²) in [6, 6.07) is 15.1. The van der Waals surface area contributed by atoms with Crippen molar-refractivity contribution in [2.75, 3.05) is 0 Å². The maximum absolute atomic E-state index is 6.01. The minimum absolute atomic E-state index is 1.02. The van der Waals surface area contributed by atoms with Crippen LogP contribution < -0.4 is 0 Å². The largest absolute Gasteiger partial charge is 0.360 e. The second-order valence-electron chi connectivity index (χ2n) is 4.75. The lowest BCUT2D eigenvalue weighted by atomic mass is 10.0. The van der Waals surface area contributed by atoms with Gasteiger partial charge in [-0.15, -0.1) is 0 Å². The molecule has 1 aliphatic rings. The van der Waals surface area contributed by atoms with Crippen LogP contribution in [0.5, 0.6) is 0 Å². The maximum Gasteiger partial charge on any atom is 0.360 e. The molecule has 0 radical (unpaired) electrons. The third-order valence-electron chi connectivity index (χ3n) is 3.69. The molecule has 1 aromatic heterocycles. The Bertz CT molecular complexity index is 728. The molecule has 1 nitrogen and oxygen atoms in total. The summed E-state index contributed by atoms with van der Waals surface area (Å²) < 4.78 is 6.01. The fourth-order valence-corrected chi connectivity index (χ4v) is 2.83. The van der Waals surface area contributed by atoms with Gasteiger partial charge in [0.15, 0.2) is 0 Å². The molecule has 0 atom stereocenters. The van der Waals surface area contributed by atoms with Crippen LogP contribution in [0.4, 0.5) is 0 Å². The van der Waals surface area contributed by atoms with Crippen molar-refractivity contribution in [3.05, 3.63) is 53.8 Å². The molecule has 0 amide bonds. The fraction of sp³-hybridized carbons (Fsp3) is 0.188. The Balaban J connectivity index is 2.19. The lowest BCUT2D eigenvalue weighted by molar-refractivity contribution is 0.547. The highest BCUT2D eigenvalue weighted by molar-refractivity contribution is 6.05. The zero-order chi connectivity index (χ0) is 11.2. The topological polar surface area (TPSA) is 11.3 Å². The van der Waals surface area contributed by atoms with E-state index in [2.05, 4.69) is 42.5 Å². The van der Waals surface area contributed by atoms with Crippen molar-refractivity contribution in [2.24, 2.45) is 0 Å². The summed E-state index contributed by atoms with van der Waals surface area (Å²) in [7, 11) is 0. The van der Waals surface area contributed by atoms with Gasteiger partial charge in [-0.1, -0.05) is 24.3 Å². The van der Waals surface area contributed by atoms with E-state index in [-0.39, 0.29) is 0 Å². The van der Waals surface area contributed by atoms with E-state index in [0.717, 1.165) is 18.4 Å². The fourth-order valence-electron chi connectivity index (χ4n) is 2.83. The van der Waals surface area contributed by atoms with E-state index in [1.807, 2.05) is 0 Å². The summed E-state index contributed by atoms with van der Waals surface area (Å²) in [5.74, 6) is 1.19. The number of hydrogen-bond acceptors (Lipinski definition) is 0. The first-order valence-electron chi connectivity index (χ1n) is 6.18. The van der Waals surface area contributed by atoms with Crippen molar-refractivity contribution in [1.29, 1.82) is 0 Å². The van der Waals surface area contributed by atoms with E-state index in [4.69, 9.17) is 4.42 Å². The second-order valence-corrected chi connectivity index (χ2v) is 4.75. The molecular formula is C16H13O+. The molecule has 4 rings (SSSR count). The summed E-state index contributed by atoms with van der Waals surface area (Å²) in [5.41, 5.74) is 2.42. The predicted octanol–water partition coefficient (Wildman–Crippen LogP) is 4.36. The van der Waals surface area contributed by atoms with Crippen molar-refractivity contribution in [1.82, 2.24) is 0 Å². The van der Waals surface area contributed by atoms with Crippen LogP contribution in [0.3, 0.4) is 0 Å². The Morgan fingerprint density at radius 1 is 0.882 bits per heavy atom. The molecule has 3 aromatic rings. The van der Waals surface area contributed by atoms with Crippen molar-refractivity contribution in [3.63, 3.8) is 0 Å². The molecule has 0 unspecified atom stereocenters. The molecule has 17 heavy (non-hydrogen) atoms. The Kier molecular flexibility index (Phi) is 1.78. The first kappa shape index (κ1) is 9.17. The van der Waals surface area contributed by atoms with Crippen LogP contribution in [0, 0.1) is 0 Å². The highest BCUT2D eigenvalue weighted by Crippen LogP contribution is 2.31. The van der Waals surface area contributed by atoms with E-state index in [1.54, 1.807) is 0 Å². The number of aryl methyl sites for hydroxylation is 2. The quantitative estimate of drug-likeness (QED) is 0.405.